The monoisotopic (exact) mass is 282 g/mol. The van der Waals surface area contributed by atoms with Gasteiger partial charge in [-0.05, 0) is 39.5 Å². The summed E-state index contributed by atoms with van der Waals surface area (Å²) >= 11 is 0. The van der Waals surface area contributed by atoms with Crippen molar-refractivity contribution in [3.8, 4) is 0 Å². The van der Waals surface area contributed by atoms with E-state index in [1.807, 2.05) is 26.0 Å². The van der Waals surface area contributed by atoms with Crippen LogP contribution in [0.5, 0.6) is 0 Å². The second-order valence-electron chi connectivity index (χ2n) is 5.92. The van der Waals surface area contributed by atoms with Crippen LogP contribution in [-0.4, -0.2) is 12.7 Å². The second-order valence-corrected chi connectivity index (χ2v) is 5.92. The zero-order valence-corrected chi connectivity index (χ0v) is 14.3. The quantitative estimate of drug-likeness (QED) is 0.339. The first kappa shape index (κ1) is 19.7. The summed E-state index contributed by atoms with van der Waals surface area (Å²) in [6.07, 6.45) is 21.3. The van der Waals surface area contributed by atoms with Crippen LogP contribution in [0.25, 0.3) is 0 Å². The Morgan fingerprint density at radius 2 is 1.45 bits per heavy atom. The molecule has 0 amide bonds. The fourth-order valence-electron chi connectivity index (χ4n) is 2.54. The molecule has 0 aromatic rings. The van der Waals surface area contributed by atoms with Gasteiger partial charge in [0.1, 0.15) is 0 Å². The average molecular weight is 283 g/mol. The van der Waals surface area contributed by atoms with Gasteiger partial charge in [-0.25, -0.2) is 0 Å². The van der Waals surface area contributed by atoms with Crippen molar-refractivity contribution in [3.63, 3.8) is 0 Å². The Labute approximate surface area is 128 Å². The summed E-state index contributed by atoms with van der Waals surface area (Å²) in [7, 11) is 0. The molecule has 1 aliphatic rings. The predicted octanol–water partition coefficient (Wildman–Crippen LogP) is 6.67. The predicted molar refractivity (Wildman–Crippen MR) is 91.3 cm³/mol. The Kier molecular flexibility index (Phi) is 16.5. The number of ether oxygens (including phenoxy) is 1. The van der Waals surface area contributed by atoms with Crippen molar-refractivity contribution < 1.29 is 4.74 Å². The summed E-state index contributed by atoms with van der Waals surface area (Å²) in [5, 5.41) is 0. The molecule has 0 bridgehead atoms. The highest BCUT2D eigenvalue weighted by Crippen LogP contribution is 2.18. The molecule has 20 heavy (non-hydrogen) atoms. The number of rotatable bonds is 9. The zero-order valence-electron chi connectivity index (χ0n) is 14.3. The second kappa shape index (κ2) is 16.8. The molecule has 1 heteroatoms. The number of allylic oxidation sites excluding steroid dienone is 2. The van der Waals surface area contributed by atoms with Gasteiger partial charge >= 0.3 is 0 Å². The van der Waals surface area contributed by atoms with Gasteiger partial charge in [0.05, 0.1) is 6.10 Å². The maximum atomic E-state index is 5.74. The minimum absolute atomic E-state index is 0.605. The molecule has 0 aromatic heterocycles. The molecule has 1 fully saturated rings. The van der Waals surface area contributed by atoms with Gasteiger partial charge in [-0.15, -0.1) is 0 Å². The third-order valence-corrected chi connectivity index (χ3v) is 3.99. The first-order chi connectivity index (χ1) is 9.85. The Bertz CT molecular complexity index is 188. The summed E-state index contributed by atoms with van der Waals surface area (Å²) in [5.74, 6) is 0. The van der Waals surface area contributed by atoms with Gasteiger partial charge in [0.2, 0.25) is 0 Å². The Morgan fingerprint density at radius 3 is 1.95 bits per heavy atom. The molecular formula is C19H38O. The van der Waals surface area contributed by atoms with Crippen LogP contribution in [0.15, 0.2) is 12.2 Å². The average Bonchev–Trinajstić information content (AvgIpc) is 2.51. The molecule has 1 aliphatic heterocycles. The summed E-state index contributed by atoms with van der Waals surface area (Å²) in [6, 6.07) is 0. The van der Waals surface area contributed by atoms with Crippen molar-refractivity contribution in [2.45, 2.75) is 104 Å². The highest BCUT2D eigenvalue weighted by Gasteiger charge is 2.12. The van der Waals surface area contributed by atoms with E-state index in [0.29, 0.717) is 6.10 Å². The highest BCUT2D eigenvalue weighted by atomic mass is 16.5. The highest BCUT2D eigenvalue weighted by molar-refractivity contribution is 4.68. The van der Waals surface area contributed by atoms with Gasteiger partial charge in [-0.1, -0.05) is 70.4 Å². The lowest BCUT2D eigenvalue weighted by molar-refractivity contribution is 0.00977. The van der Waals surface area contributed by atoms with Gasteiger partial charge in [0.25, 0.3) is 0 Å². The Hall–Kier alpha value is -0.300. The third-order valence-electron chi connectivity index (χ3n) is 3.99. The van der Waals surface area contributed by atoms with Crippen molar-refractivity contribution in [2.75, 3.05) is 6.61 Å². The van der Waals surface area contributed by atoms with E-state index in [2.05, 4.69) is 6.92 Å². The van der Waals surface area contributed by atoms with E-state index in [9.17, 15) is 0 Å². The molecule has 0 N–H and O–H groups in total. The van der Waals surface area contributed by atoms with E-state index in [1.165, 1.54) is 77.0 Å². The van der Waals surface area contributed by atoms with Gasteiger partial charge < -0.3 is 4.74 Å². The molecule has 0 saturated carbocycles. The van der Waals surface area contributed by atoms with Crippen LogP contribution in [0.4, 0.5) is 0 Å². The normalized spacial score (nSPS) is 18.9. The summed E-state index contributed by atoms with van der Waals surface area (Å²) < 4.78 is 5.74. The number of hydrogen-bond donors (Lipinski definition) is 0. The summed E-state index contributed by atoms with van der Waals surface area (Å²) in [5.41, 5.74) is 0. The standard InChI is InChI=1S/C15H30O.C4H8/c1-2-3-4-5-6-7-8-9-12-15-13-10-11-14-16-15;1-3-4-2/h15H,2-14H2,1H3;3-4H,1-2H3. The first-order valence-electron chi connectivity index (χ1n) is 9.04. The Morgan fingerprint density at radius 1 is 0.850 bits per heavy atom. The van der Waals surface area contributed by atoms with Crippen molar-refractivity contribution in [2.24, 2.45) is 0 Å². The minimum Gasteiger partial charge on any atom is -0.378 e. The summed E-state index contributed by atoms with van der Waals surface area (Å²) in [6.45, 7) is 7.30. The zero-order chi connectivity index (χ0) is 14.9. The Balaban J connectivity index is 0.000000796. The van der Waals surface area contributed by atoms with E-state index in [1.54, 1.807) is 0 Å². The van der Waals surface area contributed by atoms with Crippen LogP contribution < -0.4 is 0 Å². The van der Waals surface area contributed by atoms with Gasteiger partial charge in [0.15, 0.2) is 0 Å². The molecule has 0 aliphatic carbocycles. The van der Waals surface area contributed by atoms with Crippen LogP contribution in [0.1, 0.15) is 97.8 Å². The number of hydrogen-bond acceptors (Lipinski definition) is 1. The van der Waals surface area contributed by atoms with Gasteiger partial charge in [-0.2, -0.15) is 0 Å². The van der Waals surface area contributed by atoms with Crippen LogP contribution in [-0.2, 0) is 4.74 Å². The van der Waals surface area contributed by atoms with E-state index in [4.69, 9.17) is 4.74 Å². The van der Waals surface area contributed by atoms with Crippen LogP contribution in [0.2, 0.25) is 0 Å². The smallest absolute Gasteiger partial charge is 0.0575 e. The van der Waals surface area contributed by atoms with E-state index in [0.717, 1.165) is 6.61 Å². The van der Waals surface area contributed by atoms with E-state index in [-0.39, 0.29) is 0 Å². The third kappa shape index (κ3) is 14.1. The molecule has 1 rings (SSSR count). The van der Waals surface area contributed by atoms with E-state index >= 15 is 0 Å². The molecule has 1 heterocycles. The van der Waals surface area contributed by atoms with Crippen LogP contribution in [0, 0.1) is 0 Å². The minimum atomic E-state index is 0.605. The fraction of sp³-hybridized carbons (Fsp3) is 0.895. The molecular weight excluding hydrogens is 244 g/mol. The van der Waals surface area contributed by atoms with Gasteiger partial charge in [0, 0.05) is 6.61 Å². The lowest BCUT2D eigenvalue weighted by atomic mass is 10.0. The molecule has 1 atom stereocenters. The molecule has 1 nitrogen and oxygen atoms in total. The van der Waals surface area contributed by atoms with Crippen LogP contribution in [0.3, 0.4) is 0 Å². The summed E-state index contributed by atoms with van der Waals surface area (Å²) in [4.78, 5) is 0. The lowest BCUT2D eigenvalue weighted by Crippen LogP contribution is -2.18. The maximum Gasteiger partial charge on any atom is 0.0575 e. The van der Waals surface area contributed by atoms with Crippen molar-refractivity contribution in [3.05, 3.63) is 12.2 Å². The molecule has 120 valence electrons. The maximum absolute atomic E-state index is 5.74. The van der Waals surface area contributed by atoms with Crippen molar-refractivity contribution in [1.29, 1.82) is 0 Å². The lowest BCUT2D eigenvalue weighted by Gasteiger charge is -2.22. The molecule has 1 unspecified atom stereocenters. The molecule has 0 radical (unpaired) electrons. The largest absolute Gasteiger partial charge is 0.378 e. The SMILES string of the molecule is CC=CC.CCCCCCCCCCC1CCCCO1. The van der Waals surface area contributed by atoms with Crippen molar-refractivity contribution >= 4 is 0 Å². The molecule has 1 saturated heterocycles. The fourth-order valence-corrected chi connectivity index (χ4v) is 2.54. The van der Waals surface area contributed by atoms with E-state index < -0.39 is 0 Å². The topological polar surface area (TPSA) is 9.23 Å². The van der Waals surface area contributed by atoms with Crippen LogP contribution >= 0.6 is 0 Å². The van der Waals surface area contributed by atoms with Gasteiger partial charge in [-0.3, -0.25) is 0 Å². The molecule has 0 spiro atoms. The van der Waals surface area contributed by atoms with Crippen molar-refractivity contribution in [1.82, 2.24) is 0 Å². The number of unbranched alkanes of at least 4 members (excludes halogenated alkanes) is 7. The first-order valence-corrected chi connectivity index (χ1v) is 9.04. The molecule has 0 aromatic carbocycles.